The molecule has 2 rings (SSSR count). The number of rotatable bonds is 15. The van der Waals surface area contributed by atoms with Crippen LogP contribution >= 0.6 is 0 Å². The molecule has 0 aromatic heterocycles. The highest BCUT2D eigenvalue weighted by Crippen LogP contribution is 2.34. The van der Waals surface area contributed by atoms with Crippen LogP contribution in [0.1, 0.15) is 0 Å². The number of quaternary nitrogens is 2. The Hall–Kier alpha value is -3.78. The van der Waals surface area contributed by atoms with Crippen LogP contribution in [0.5, 0.6) is 0 Å². The molecule has 0 fully saturated rings. The molecule has 0 amide bonds. The van der Waals surface area contributed by atoms with E-state index in [1.54, 1.807) is 0 Å². The fraction of sp³-hybridized carbons (Fsp3) is 0.200. The van der Waals surface area contributed by atoms with Gasteiger partial charge in [0.15, 0.2) is 0 Å². The molecule has 0 unspecified atom stereocenters. The summed E-state index contributed by atoms with van der Waals surface area (Å²) in [4.78, 5) is 1.42. The third-order valence-corrected chi connectivity index (χ3v) is 7.19. The smallest absolute Gasteiger partial charge is 0.125 e. The van der Waals surface area contributed by atoms with Gasteiger partial charge in [-0.15, -0.1) is 0 Å². The number of benzene rings is 2. The van der Waals surface area contributed by atoms with Crippen molar-refractivity contribution in [2.45, 2.75) is 9.79 Å². The molecule has 0 saturated heterocycles. The first-order chi connectivity index (χ1) is 19.7. The number of nitrogens with one attached hydrogen (secondary N) is 2. The number of nitrogens with two attached hydrogens (primary N) is 2. The molecule has 0 spiro atoms. The predicted octanol–water partition coefficient (Wildman–Crippen LogP) is 1.18. The van der Waals surface area contributed by atoms with Gasteiger partial charge in [-0.05, 0) is 60.7 Å². The van der Waals surface area contributed by atoms with Crippen LogP contribution in [0, 0.1) is 0 Å². The molecular weight excluding hydrogens is 576 g/mol. The first kappa shape index (κ1) is 38.2. The van der Waals surface area contributed by atoms with E-state index in [0.29, 0.717) is 0 Å². The van der Waals surface area contributed by atoms with Crippen molar-refractivity contribution in [3.05, 3.63) is 112 Å². The van der Waals surface area contributed by atoms with Crippen LogP contribution < -0.4 is 21.3 Å². The second kappa shape index (κ2) is 19.4. The van der Waals surface area contributed by atoms with Crippen molar-refractivity contribution in [2.24, 2.45) is 0 Å². The summed E-state index contributed by atoms with van der Waals surface area (Å²) in [5.41, 5.74) is 10.4. The second-order valence-electron chi connectivity index (χ2n) is 8.88. The minimum absolute atomic E-state index is 0.000139. The SMILES string of the molecule is C=CC[NH+](CC=C)CC=C.C=CC[NH+](CC=C)CC=C.Nc1ccc(-c2ccc(N)cc2S(=O)(=O)[O-])c(S(=O)(=O)[O-])c1. The Morgan fingerprint density at radius 3 is 0.976 bits per heavy atom. The fourth-order valence-corrected chi connectivity index (χ4v) is 5.12. The third-order valence-electron chi connectivity index (χ3n) is 5.44. The van der Waals surface area contributed by atoms with Crippen LogP contribution in [0.3, 0.4) is 0 Å². The number of nitrogen functional groups attached to an aromatic ring is 2. The van der Waals surface area contributed by atoms with E-state index in [2.05, 4.69) is 39.5 Å². The van der Waals surface area contributed by atoms with E-state index in [1.807, 2.05) is 36.5 Å². The van der Waals surface area contributed by atoms with Crippen LogP contribution in [0.15, 0.2) is 122 Å². The van der Waals surface area contributed by atoms with Crippen molar-refractivity contribution in [2.75, 3.05) is 50.7 Å². The van der Waals surface area contributed by atoms with Crippen LogP contribution in [0.2, 0.25) is 0 Å². The zero-order chi connectivity index (χ0) is 32.3. The molecule has 0 heterocycles. The van der Waals surface area contributed by atoms with Crippen molar-refractivity contribution < 1.29 is 35.7 Å². The summed E-state index contributed by atoms with van der Waals surface area (Å²) in [5, 5.41) is 0. The molecule has 0 bridgehead atoms. The lowest BCUT2D eigenvalue weighted by molar-refractivity contribution is -0.882. The van der Waals surface area contributed by atoms with Crippen molar-refractivity contribution >= 4 is 31.6 Å². The highest BCUT2D eigenvalue weighted by Gasteiger charge is 2.17. The van der Waals surface area contributed by atoms with Crippen LogP contribution in [0.4, 0.5) is 11.4 Å². The topological polar surface area (TPSA) is 175 Å². The Kier molecular flexibility index (Phi) is 17.6. The van der Waals surface area contributed by atoms with Gasteiger partial charge in [-0.2, -0.15) is 0 Å². The van der Waals surface area contributed by atoms with Gasteiger partial charge in [-0.1, -0.05) is 51.6 Å². The molecule has 0 radical (unpaired) electrons. The molecule has 230 valence electrons. The lowest BCUT2D eigenvalue weighted by Crippen LogP contribution is -3.11. The average molecular weight is 619 g/mol. The minimum atomic E-state index is -4.93. The molecule has 42 heavy (non-hydrogen) atoms. The summed E-state index contributed by atoms with van der Waals surface area (Å²) in [5.74, 6) is 0. The van der Waals surface area contributed by atoms with Gasteiger partial charge >= 0.3 is 0 Å². The van der Waals surface area contributed by atoms with E-state index in [9.17, 15) is 25.9 Å². The van der Waals surface area contributed by atoms with Gasteiger partial charge in [-0.3, -0.25) is 0 Å². The van der Waals surface area contributed by atoms with Crippen molar-refractivity contribution in [3.8, 4) is 11.1 Å². The molecule has 0 saturated carbocycles. The van der Waals surface area contributed by atoms with E-state index in [1.165, 1.54) is 21.9 Å². The Morgan fingerprint density at radius 1 is 0.548 bits per heavy atom. The predicted molar refractivity (Wildman–Crippen MR) is 169 cm³/mol. The van der Waals surface area contributed by atoms with E-state index in [0.717, 1.165) is 63.5 Å². The van der Waals surface area contributed by atoms with Crippen molar-refractivity contribution in [1.82, 2.24) is 0 Å². The lowest BCUT2D eigenvalue weighted by Gasteiger charge is -2.18. The molecular formula is C30H42N4O6S2. The first-order valence-electron chi connectivity index (χ1n) is 12.7. The molecule has 0 aliphatic heterocycles. The maximum atomic E-state index is 11.3. The minimum Gasteiger partial charge on any atom is -0.744 e. The van der Waals surface area contributed by atoms with Gasteiger partial charge in [-0.25, -0.2) is 16.8 Å². The highest BCUT2D eigenvalue weighted by atomic mass is 32.2. The molecule has 0 atom stereocenters. The van der Waals surface area contributed by atoms with Gasteiger partial charge in [0, 0.05) is 22.5 Å². The Morgan fingerprint density at radius 2 is 0.786 bits per heavy atom. The largest absolute Gasteiger partial charge is 0.744 e. The maximum Gasteiger partial charge on any atom is 0.125 e. The number of hydrogen-bond acceptors (Lipinski definition) is 8. The Labute approximate surface area is 250 Å². The quantitative estimate of drug-likeness (QED) is 0.131. The Bertz CT molecular complexity index is 1280. The van der Waals surface area contributed by atoms with Crippen molar-refractivity contribution in [3.63, 3.8) is 0 Å². The first-order valence-corrected chi connectivity index (χ1v) is 15.5. The van der Waals surface area contributed by atoms with E-state index in [-0.39, 0.29) is 22.5 Å². The maximum absolute atomic E-state index is 11.3. The van der Waals surface area contributed by atoms with Gasteiger partial charge in [0.1, 0.15) is 20.2 Å². The Balaban J connectivity index is 0.000000702. The summed E-state index contributed by atoms with van der Waals surface area (Å²) in [6.45, 7) is 28.0. The molecule has 12 heteroatoms. The molecule has 10 nitrogen and oxygen atoms in total. The monoisotopic (exact) mass is 618 g/mol. The number of hydrogen-bond donors (Lipinski definition) is 4. The van der Waals surface area contributed by atoms with Gasteiger partial charge < -0.3 is 30.4 Å². The second-order valence-corrected chi connectivity index (χ2v) is 11.6. The normalized spacial score (nSPS) is 10.9. The van der Waals surface area contributed by atoms with Crippen molar-refractivity contribution in [1.29, 1.82) is 0 Å². The molecule has 2 aromatic rings. The van der Waals surface area contributed by atoms with Gasteiger partial charge in [0.2, 0.25) is 0 Å². The molecule has 0 aliphatic rings. The number of anilines is 2. The summed E-state index contributed by atoms with van der Waals surface area (Å²) in [7, 11) is -9.87. The molecule has 0 aliphatic carbocycles. The molecule has 2 aromatic carbocycles. The van der Waals surface area contributed by atoms with Crippen LogP contribution in [-0.4, -0.2) is 65.2 Å². The zero-order valence-electron chi connectivity index (χ0n) is 23.8. The van der Waals surface area contributed by atoms with Gasteiger partial charge in [0.25, 0.3) is 0 Å². The standard InChI is InChI=1S/C12H12N2O6S2.2C9H15N/c13-7-1-3-9(11(5-7)21(15,16)17)10-4-2-8(14)6-12(10)22(18,19)20;2*1-4-7-10(8-5-2)9-6-3/h1-6H,13-14H2,(H,15,16,17)(H,18,19,20);2*4-6H,1-3,7-9H2. The van der Waals surface area contributed by atoms with Crippen LogP contribution in [0.25, 0.3) is 11.1 Å². The highest BCUT2D eigenvalue weighted by molar-refractivity contribution is 7.86. The van der Waals surface area contributed by atoms with E-state index >= 15 is 0 Å². The summed E-state index contributed by atoms with van der Waals surface area (Å²) in [6, 6.07) is 6.66. The fourth-order valence-electron chi connectivity index (χ4n) is 3.66. The zero-order valence-corrected chi connectivity index (χ0v) is 25.5. The third kappa shape index (κ3) is 14.2. The summed E-state index contributed by atoms with van der Waals surface area (Å²) in [6.07, 6.45) is 11.5. The van der Waals surface area contributed by atoms with Crippen LogP contribution in [-0.2, 0) is 20.2 Å². The molecule has 6 N–H and O–H groups in total. The van der Waals surface area contributed by atoms with E-state index in [4.69, 9.17) is 11.5 Å². The lowest BCUT2D eigenvalue weighted by atomic mass is 10.0. The summed E-state index contributed by atoms with van der Waals surface area (Å²) < 4.78 is 68.1. The van der Waals surface area contributed by atoms with Gasteiger partial charge in [0.05, 0.1) is 49.1 Å². The van der Waals surface area contributed by atoms with E-state index < -0.39 is 30.0 Å². The summed E-state index contributed by atoms with van der Waals surface area (Å²) >= 11 is 0. The average Bonchev–Trinajstić information content (AvgIpc) is 2.90.